The number of ether oxygens (including phenoxy) is 1. The summed E-state index contributed by atoms with van der Waals surface area (Å²) in [6.45, 7) is 4.02. The molecule has 0 saturated carbocycles. The summed E-state index contributed by atoms with van der Waals surface area (Å²) in [6, 6.07) is 5.87. The van der Waals surface area contributed by atoms with Crippen molar-refractivity contribution in [3.8, 4) is 5.75 Å². The van der Waals surface area contributed by atoms with E-state index in [1.807, 2.05) is 32.0 Å². The van der Waals surface area contributed by atoms with Gasteiger partial charge in [-0.15, -0.1) is 0 Å². The Balaban J connectivity index is 2.06. The number of aromatic nitrogens is 1. The zero-order valence-corrected chi connectivity index (χ0v) is 10.1. The topological polar surface area (TPSA) is 72.6 Å². The number of benzene rings is 1. The van der Waals surface area contributed by atoms with E-state index in [1.54, 1.807) is 0 Å². The number of oxazole rings is 1. The molecule has 0 aliphatic heterocycles. The average Bonchev–Trinajstić information content (AvgIpc) is 2.79. The normalized spacial score (nSPS) is 10.3. The molecule has 1 N–H and O–H groups in total. The second kappa shape index (κ2) is 4.91. The highest BCUT2D eigenvalue weighted by molar-refractivity contribution is 5.84. The number of carboxylic acids is 1. The molecule has 5 heteroatoms. The first-order valence-electron chi connectivity index (χ1n) is 5.44. The molecule has 0 radical (unpaired) electrons. The molecule has 0 atom stereocenters. The monoisotopic (exact) mass is 247 g/mol. The molecule has 94 valence electrons. The van der Waals surface area contributed by atoms with Crippen molar-refractivity contribution in [2.24, 2.45) is 0 Å². The predicted molar refractivity (Wildman–Crippen MR) is 63.7 cm³/mol. The number of nitrogens with zero attached hydrogens (tertiary/aromatic N) is 1. The van der Waals surface area contributed by atoms with Crippen LogP contribution in [-0.4, -0.2) is 16.1 Å². The highest BCUT2D eigenvalue weighted by Crippen LogP contribution is 2.20. The Kier molecular flexibility index (Phi) is 3.32. The minimum Gasteiger partial charge on any atom is -0.484 e. The van der Waals surface area contributed by atoms with E-state index in [1.165, 1.54) is 0 Å². The lowest BCUT2D eigenvalue weighted by atomic mass is 10.1. The van der Waals surface area contributed by atoms with Crippen LogP contribution in [0.4, 0.5) is 0 Å². The molecule has 0 aliphatic carbocycles. The summed E-state index contributed by atoms with van der Waals surface area (Å²) in [6.07, 6.45) is 1.10. The SMILES string of the molecule is Cc1ccc(C)c(OCc2nc(C(=O)O)co2)c1. The highest BCUT2D eigenvalue weighted by Gasteiger charge is 2.11. The number of hydrogen-bond acceptors (Lipinski definition) is 4. The number of rotatable bonds is 4. The van der Waals surface area contributed by atoms with Crippen LogP contribution in [-0.2, 0) is 6.61 Å². The van der Waals surface area contributed by atoms with Gasteiger partial charge < -0.3 is 14.3 Å². The maximum absolute atomic E-state index is 10.6. The van der Waals surface area contributed by atoms with Crippen LogP contribution in [0.5, 0.6) is 5.75 Å². The molecule has 2 rings (SSSR count). The fourth-order valence-electron chi connectivity index (χ4n) is 1.48. The molecule has 1 heterocycles. The van der Waals surface area contributed by atoms with Crippen molar-refractivity contribution in [1.29, 1.82) is 0 Å². The van der Waals surface area contributed by atoms with Gasteiger partial charge in [0.1, 0.15) is 12.0 Å². The summed E-state index contributed by atoms with van der Waals surface area (Å²) in [7, 11) is 0. The molecular weight excluding hydrogens is 234 g/mol. The predicted octanol–water partition coefficient (Wildman–Crippen LogP) is 2.57. The van der Waals surface area contributed by atoms with Crippen LogP contribution in [0.2, 0.25) is 0 Å². The van der Waals surface area contributed by atoms with E-state index in [-0.39, 0.29) is 18.2 Å². The molecule has 0 bridgehead atoms. The number of hydrogen-bond donors (Lipinski definition) is 1. The van der Waals surface area contributed by atoms with Crippen LogP contribution >= 0.6 is 0 Å². The maximum atomic E-state index is 10.6. The minimum atomic E-state index is -1.11. The number of aryl methyl sites for hydroxylation is 2. The molecule has 0 fully saturated rings. The number of aromatic carboxylic acids is 1. The Bertz CT molecular complexity index is 574. The lowest BCUT2D eigenvalue weighted by Crippen LogP contribution is -2.00. The van der Waals surface area contributed by atoms with Crippen LogP contribution in [0.3, 0.4) is 0 Å². The molecule has 2 aromatic rings. The molecular formula is C13H13NO4. The van der Waals surface area contributed by atoms with Crippen molar-refractivity contribution in [3.63, 3.8) is 0 Å². The van der Waals surface area contributed by atoms with Crippen LogP contribution in [0.15, 0.2) is 28.9 Å². The van der Waals surface area contributed by atoms with Crippen molar-refractivity contribution < 1.29 is 19.1 Å². The molecule has 0 amide bonds. The minimum absolute atomic E-state index is 0.109. The quantitative estimate of drug-likeness (QED) is 0.898. The first-order valence-corrected chi connectivity index (χ1v) is 5.44. The Labute approximate surface area is 104 Å². The number of carboxylic acid groups (broad SMARTS) is 1. The van der Waals surface area contributed by atoms with Gasteiger partial charge in [0.25, 0.3) is 0 Å². The van der Waals surface area contributed by atoms with Gasteiger partial charge in [-0.2, -0.15) is 0 Å². The van der Waals surface area contributed by atoms with E-state index in [9.17, 15) is 4.79 Å². The summed E-state index contributed by atoms with van der Waals surface area (Å²) in [5, 5.41) is 8.70. The Morgan fingerprint density at radius 2 is 2.22 bits per heavy atom. The molecule has 0 aliphatic rings. The van der Waals surface area contributed by atoms with Crippen molar-refractivity contribution in [2.75, 3.05) is 0 Å². The van der Waals surface area contributed by atoms with E-state index < -0.39 is 5.97 Å². The van der Waals surface area contributed by atoms with Crippen LogP contribution < -0.4 is 4.74 Å². The highest BCUT2D eigenvalue weighted by atomic mass is 16.5. The van der Waals surface area contributed by atoms with Gasteiger partial charge in [0.15, 0.2) is 12.3 Å². The van der Waals surface area contributed by atoms with E-state index in [0.29, 0.717) is 0 Å². The second-order valence-electron chi connectivity index (χ2n) is 3.99. The first kappa shape index (κ1) is 12.2. The summed E-state index contributed by atoms with van der Waals surface area (Å²) < 4.78 is 10.5. The summed E-state index contributed by atoms with van der Waals surface area (Å²) in [5.74, 6) is -0.130. The summed E-state index contributed by atoms with van der Waals surface area (Å²) in [4.78, 5) is 14.4. The molecule has 0 unspecified atom stereocenters. The zero-order valence-electron chi connectivity index (χ0n) is 10.1. The van der Waals surface area contributed by atoms with E-state index in [0.717, 1.165) is 23.1 Å². The fourth-order valence-corrected chi connectivity index (χ4v) is 1.48. The van der Waals surface area contributed by atoms with Crippen LogP contribution in [0, 0.1) is 13.8 Å². The van der Waals surface area contributed by atoms with Gasteiger partial charge in [-0.1, -0.05) is 12.1 Å². The average molecular weight is 247 g/mol. The third-order valence-corrected chi connectivity index (χ3v) is 2.47. The molecule has 1 aromatic carbocycles. The Hall–Kier alpha value is -2.30. The van der Waals surface area contributed by atoms with Gasteiger partial charge in [-0.3, -0.25) is 0 Å². The first-order chi connectivity index (χ1) is 8.56. The molecule has 5 nitrogen and oxygen atoms in total. The number of carbonyl (C=O) groups is 1. The lowest BCUT2D eigenvalue weighted by Gasteiger charge is -2.07. The van der Waals surface area contributed by atoms with Crippen molar-refractivity contribution >= 4 is 5.97 Å². The molecule has 0 spiro atoms. The van der Waals surface area contributed by atoms with E-state index in [4.69, 9.17) is 14.3 Å². The summed E-state index contributed by atoms with van der Waals surface area (Å²) in [5.41, 5.74) is 1.98. The third kappa shape index (κ3) is 2.68. The van der Waals surface area contributed by atoms with Crippen molar-refractivity contribution in [3.05, 3.63) is 47.2 Å². The molecule has 1 aromatic heterocycles. The smallest absolute Gasteiger partial charge is 0.357 e. The largest absolute Gasteiger partial charge is 0.484 e. The maximum Gasteiger partial charge on any atom is 0.357 e. The lowest BCUT2D eigenvalue weighted by molar-refractivity contribution is 0.0690. The van der Waals surface area contributed by atoms with Gasteiger partial charge >= 0.3 is 5.97 Å². The molecule has 18 heavy (non-hydrogen) atoms. The summed E-state index contributed by atoms with van der Waals surface area (Å²) >= 11 is 0. The van der Waals surface area contributed by atoms with E-state index in [2.05, 4.69) is 4.98 Å². The van der Waals surface area contributed by atoms with E-state index >= 15 is 0 Å². The van der Waals surface area contributed by atoms with Gasteiger partial charge in [0.05, 0.1) is 0 Å². The zero-order chi connectivity index (χ0) is 13.1. The van der Waals surface area contributed by atoms with Gasteiger partial charge in [-0.25, -0.2) is 9.78 Å². The van der Waals surface area contributed by atoms with Crippen LogP contribution in [0.1, 0.15) is 27.5 Å². The molecule has 0 saturated heterocycles. The van der Waals surface area contributed by atoms with Gasteiger partial charge in [0, 0.05) is 0 Å². The van der Waals surface area contributed by atoms with Crippen LogP contribution in [0.25, 0.3) is 0 Å². The Morgan fingerprint density at radius 3 is 2.89 bits per heavy atom. The van der Waals surface area contributed by atoms with Gasteiger partial charge in [-0.05, 0) is 31.0 Å². The fraction of sp³-hybridized carbons (Fsp3) is 0.231. The Morgan fingerprint density at radius 1 is 1.44 bits per heavy atom. The standard InChI is InChI=1S/C13H13NO4/c1-8-3-4-9(2)11(5-8)17-7-12-14-10(6-18-12)13(15)16/h3-6H,7H2,1-2H3,(H,15,16). The van der Waals surface area contributed by atoms with Gasteiger partial charge in [0.2, 0.25) is 5.89 Å². The van der Waals surface area contributed by atoms with Crippen molar-refractivity contribution in [1.82, 2.24) is 4.98 Å². The van der Waals surface area contributed by atoms with Crippen molar-refractivity contribution in [2.45, 2.75) is 20.5 Å². The second-order valence-corrected chi connectivity index (χ2v) is 3.99. The third-order valence-electron chi connectivity index (χ3n) is 2.47.